The molecule has 0 unspecified atom stereocenters. The quantitative estimate of drug-likeness (QED) is 0.620. The van der Waals surface area contributed by atoms with Crippen molar-refractivity contribution in [1.29, 1.82) is 0 Å². The highest BCUT2D eigenvalue weighted by molar-refractivity contribution is 6.38. The Kier molecular flexibility index (Phi) is 5.44. The number of nitrogens with zero attached hydrogens (tertiary/aromatic N) is 2. The molecule has 6 nitrogen and oxygen atoms in total. The van der Waals surface area contributed by atoms with E-state index in [-0.39, 0.29) is 18.7 Å². The molecule has 0 bridgehead atoms. The Balaban J connectivity index is 1.76. The second kappa shape index (κ2) is 7.76. The van der Waals surface area contributed by atoms with Crippen molar-refractivity contribution in [3.05, 3.63) is 68.7 Å². The molecule has 0 saturated carbocycles. The molecule has 0 fully saturated rings. The Morgan fingerprint density at radius 1 is 1.23 bits per heavy atom. The van der Waals surface area contributed by atoms with E-state index < -0.39 is 5.97 Å². The van der Waals surface area contributed by atoms with Crippen LogP contribution < -0.4 is 10.3 Å². The first-order valence-electron chi connectivity index (χ1n) is 7.65. The Labute approximate surface area is 158 Å². The van der Waals surface area contributed by atoms with E-state index in [0.29, 0.717) is 32.3 Å². The number of fused-ring (bicyclic) bond motifs is 1. The molecule has 2 aromatic carbocycles. The summed E-state index contributed by atoms with van der Waals surface area (Å²) in [5.74, 6) is 0.0555. The molecule has 134 valence electrons. The smallest absolute Gasteiger partial charge is 0.337 e. The zero-order valence-electron chi connectivity index (χ0n) is 13.7. The number of esters is 1. The highest BCUT2D eigenvalue weighted by atomic mass is 35.5. The summed E-state index contributed by atoms with van der Waals surface area (Å²) < 4.78 is 11.7. The van der Waals surface area contributed by atoms with Gasteiger partial charge in [0.25, 0.3) is 5.56 Å². The number of hydrogen-bond acceptors (Lipinski definition) is 5. The molecular formula is C18H14Cl2N2O4. The average Bonchev–Trinajstić information content (AvgIpc) is 2.63. The molecule has 1 heterocycles. The molecular weight excluding hydrogens is 379 g/mol. The topological polar surface area (TPSA) is 70.4 Å². The first-order valence-corrected chi connectivity index (χ1v) is 8.40. The van der Waals surface area contributed by atoms with Crippen LogP contribution in [-0.4, -0.2) is 29.2 Å². The number of methoxy groups -OCH3 is 1. The van der Waals surface area contributed by atoms with Crippen molar-refractivity contribution in [2.75, 3.05) is 13.7 Å². The van der Waals surface area contributed by atoms with Gasteiger partial charge in [0.15, 0.2) is 0 Å². The standard InChI is InChI=1S/C18H14Cl2N2O4/c1-25-18(24)11-3-2-4-13(7-11)26-6-5-22-10-21-16-14(17(22)23)8-12(19)9-15(16)20/h2-4,7-10H,5-6H2,1H3. The Bertz CT molecular complexity index is 1030. The van der Waals surface area contributed by atoms with Gasteiger partial charge in [-0.15, -0.1) is 0 Å². The SMILES string of the molecule is COC(=O)c1cccc(OCCn2cnc3c(Cl)cc(Cl)cc3c2=O)c1. The molecule has 3 rings (SSSR count). The predicted molar refractivity (Wildman–Crippen MR) is 99.3 cm³/mol. The van der Waals surface area contributed by atoms with Gasteiger partial charge < -0.3 is 9.47 Å². The zero-order chi connectivity index (χ0) is 18.7. The minimum absolute atomic E-state index is 0.214. The lowest BCUT2D eigenvalue weighted by molar-refractivity contribution is 0.0600. The van der Waals surface area contributed by atoms with Crippen LogP contribution >= 0.6 is 23.2 Å². The second-order valence-electron chi connectivity index (χ2n) is 5.39. The molecule has 0 amide bonds. The molecule has 1 aromatic heterocycles. The third kappa shape index (κ3) is 3.81. The monoisotopic (exact) mass is 392 g/mol. The van der Waals surface area contributed by atoms with Gasteiger partial charge in [0.1, 0.15) is 12.4 Å². The third-order valence-electron chi connectivity index (χ3n) is 3.70. The van der Waals surface area contributed by atoms with Crippen LogP contribution in [0.3, 0.4) is 0 Å². The van der Waals surface area contributed by atoms with E-state index >= 15 is 0 Å². The predicted octanol–water partition coefficient (Wildman–Crippen LogP) is 3.57. The minimum Gasteiger partial charge on any atom is -0.492 e. The summed E-state index contributed by atoms with van der Waals surface area (Å²) >= 11 is 12.0. The number of benzene rings is 2. The molecule has 0 aliphatic heterocycles. The number of carbonyl (C=O) groups excluding carboxylic acids is 1. The molecule has 26 heavy (non-hydrogen) atoms. The van der Waals surface area contributed by atoms with Crippen molar-refractivity contribution >= 4 is 40.1 Å². The van der Waals surface area contributed by atoms with Gasteiger partial charge in [-0.05, 0) is 30.3 Å². The molecule has 0 spiro atoms. The Morgan fingerprint density at radius 3 is 2.81 bits per heavy atom. The van der Waals surface area contributed by atoms with Crippen molar-refractivity contribution in [2.24, 2.45) is 0 Å². The number of aromatic nitrogens is 2. The summed E-state index contributed by atoms with van der Waals surface area (Å²) in [5, 5.41) is 1.04. The minimum atomic E-state index is -0.445. The van der Waals surface area contributed by atoms with Crippen LogP contribution in [0.4, 0.5) is 0 Å². The first-order chi connectivity index (χ1) is 12.5. The summed E-state index contributed by atoms with van der Waals surface area (Å²) in [4.78, 5) is 28.3. The van der Waals surface area contributed by atoms with E-state index in [1.165, 1.54) is 24.1 Å². The maximum absolute atomic E-state index is 12.5. The maximum atomic E-state index is 12.5. The fourth-order valence-electron chi connectivity index (χ4n) is 2.45. The average molecular weight is 393 g/mol. The highest BCUT2D eigenvalue weighted by Gasteiger charge is 2.10. The van der Waals surface area contributed by atoms with Gasteiger partial charge in [0.05, 0.1) is 41.5 Å². The van der Waals surface area contributed by atoms with Gasteiger partial charge in [-0.2, -0.15) is 0 Å². The van der Waals surface area contributed by atoms with Crippen LogP contribution in [-0.2, 0) is 11.3 Å². The molecule has 0 saturated heterocycles. The van der Waals surface area contributed by atoms with E-state index in [9.17, 15) is 9.59 Å². The molecule has 0 aliphatic rings. The van der Waals surface area contributed by atoms with Crippen molar-refractivity contribution in [3.8, 4) is 5.75 Å². The van der Waals surface area contributed by atoms with Gasteiger partial charge in [-0.1, -0.05) is 29.3 Å². The van der Waals surface area contributed by atoms with E-state index in [0.717, 1.165) is 0 Å². The van der Waals surface area contributed by atoms with E-state index in [4.69, 9.17) is 27.9 Å². The van der Waals surface area contributed by atoms with Crippen LogP contribution in [0.5, 0.6) is 5.75 Å². The number of hydrogen-bond donors (Lipinski definition) is 0. The summed E-state index contributed by atoms with van der Waals surface area (Å²) in [6, 6.07) is 9.69. The molecule has 8 heteroatoms. The van der Waals surface area contributed by atoms with Gasteiger partial charge in [-0.3, -0.25) is 9.36 Å². The number of ether oxygens (including phenoxy) is 2. The van der Waals surface area contributed by atoms with Crippen LogP contribution in [0.1, 0.15) is 10.4 Å². The fourth-order valence-corrected chi connectivity index (χ4v) is 2.99. The molecule has 0 N–H and O–H groups in total. The van der Waals surface area contributed by atoms with Crippen molar-refractivity contribution in [1.82, 2.24) is 9.55 Å². The molecule has 3 aromatic rings. The van der Waals surface area contributed by atoms with E-state index in [1.807, 2.05) is 0 Å². The maximum Gasteiger partial charge on any atom is 0.337 e. The van der Waals surface area contributed by atoms with Crippen LogP contribution in [0.15, 0.2) is 47.5 Å². The van der Waals surface area contributed by atoms with Gasteiger partial charge >= 0.3 is 5.97 Å². The van der Waals surface area contributed by atoms with Crippen LogP contribution in [0, 0.1) is 0 Å². The second-order valence-corrected chi connectivity index (χ2v) is 6.24. The molecule has 0 aliphatic carbocycles. The zero-order valence-corrected chi connectivity index (χ0v) is 15.3. The summed E-state index contributed by atoms with van der Waals surface area (Å²) in [7, 11) is 1.31. The van der Waals surface area contributed by atoms with Gasteiger partial charge in [0.2, 0.25) is 0 Å². The third-order valence-corrected chi connectivity index (χ3v) is 4.21. The van der Waals surface area contributed by atoms with Gasteiger partial charge in [0, 0.05) is 5.02 Å². The number of rotatable bonds is 5. The van der Waals surface area contributed by atoms with Gasteiger partial charge in [-0.25, -0.2) is 9.78 Å². The summed E-state index contributed by atoms with van der Waals surface area (Å²) in [5.41, 5.74) is 0.536. The number of carbonyl (C=O) groups is 1. The van der Waals surface area contributed by atoms with Crippen molar-refractivity contribution in [2.45, 2.75) is 6.54 Å². The lowest BCUT2D eigenvalue weighted by atomic mass is 10.2. The highest BCUT2D eigenvalue weighted by Crippen LogP contribution is 2.24. The lowest BCUT2D eigenvalue weighted by Crippen LogP contribution is -2.23. The van der Waals surface area contributed by atoms with E-state index in [2.05, 4.69) is 9.72 Å². The van der Waals surface area contributed by atoms with E-state index in [1.54, 1.807) is 30.3 Å². The van der Waals surface area contributed by atoms with Crippen molar-refractivity contribution < 1.29 is 14.3 Å². The molecule has 0 atom stereocenters. The summed E-state index contributed by atoms with van der Waals surface area (Å²) in [6.07, 6.45) is 1.42. The Hall–Kier alpha value is -2.57. The Morgan fingerprint density at radius 2 is 2.04 bits per heavy atom. The first kappa shape index (κ1) is 18.2. The number of halogens is 2. The van der Waals surface area contributed by atoms with Crippen molar-refractivity contribution in [3.63, 3.8) is 0 Å². The largest absolute Gasteiger partial charge is 0.492 e. The normalized spacial score (nSPS) is 10.7. The summed E-state index contributed by atoms with van der Waals surface area (Å²) in [6.45, 7) is 0.486. The lowest BCUT2D eigenvalue weighted by Gasteiger charge is -2.10. The van der Waals surface area contributed by atoms with Crippen LogP contribution in [0.2, 0.25) is 10.0 Å². The fraction of sp³-hybridized carbons (Fsp3) is 0.167. The van der Waals surface area contributed by atoms with Crippen LogP contribution in [0.25, 0.3) is 10.9 Å². The molecule has 0 radical (unpaired) electrons.